The van der Waals surface area contributed by atoms with Crippen LogP contribution in [0.3, 0.4) is 0 Å². The second kappa shape index (κ2) is 6.35. The molecule has 0 aromatic carbocycles. The maximum atomic E-state index is 12.6. The zero-order chi connectivity index (χ0) is 20.2. The van der Waals surface area contributed by atoms with Crippen LogP contribution in [-0.4, -0.2) is 35.0 Å². The molecule has 1 aliphatic carbocycles. The highest BCUT2D eigenvalue weighted by molar-refractivity contribution is 5.94. The van der Waals surface area contributed by atoms with E-state index in [-0.39, 0.29) is 5.91 Å². The summed E-state index contributed by atoms with van der Waals surface area (Å²) in [7, 11) is 0. The topological polar surface area (TPSA) is 90.0 Å². The Bertz CT molecular complexity index is 1360. The molecule has 4 aromatic heterocycles. The van der Waals surface area contributed by atoms with Crippen LogP contribution in [0.4, 0.5) is 5.82 Å². The minimum Gasteiger partial charge on any atom is -0.309 e. The molecule has 0 spiro atoms. The first kappa shape index (κ1) is 17.1. The van der Waals surface area contributed by atoms with Gasteiger partial charge in [-0.1, -0.05) is 12.1 Å². The molecule has 4 bridgehead atoms. The fourth-order valence-electron chi connectivity index (χ4n) is 4.25. The van der Waals surface area contributed by atoms with Crippen molar-refractivity contribution in [2.45, 2.75) is 32.7 Å². The molecule has 0 fully saturated rings. The fraction of sp³-hybridized carbons (Fsp3) is 0.227. The van der Waals surface area contributed by atoms with Crippen LogP contribution in [0.1, 0.15) is 35.5 Å². The van der Waals surface area contributed by atoms with Gasteiger partial charge in [0.2, 0.25) is 5.91 Å². The summed E-state index contributed by atoms with van der Waals surface area (Å²) in [4.78, 5) is 26.9. The van der Waals surface area contributed by atoms with Gasteiger partial charge in [0.05, 0.1) is 23.3 Å². The molecule has 0 unspecified atom stereocenters. The second-order valence-electron chi connectivity index (χ2n) is 7.65. The Morgan fingerprint density at radius 2 is 2.13 bits per heavy atom. The number of aryl methyl sites for hydroxylation is 2. The first-order valence-electron chi connectivity index (χ1n) is 10.1. The maximum Gasteiger partial charge on any atom is 0.225 e. The maximum absolute atomic E-state index is 12.6. The van der Waals surface area contributed by atoms with Crippen LogP contribution >= 0.6 is 0 Å². The molecule has 0 atom stereocenters. The lowest BCUT2D eigenvalue weighted by Crippen LogP contribution is -2.14. The summed E-state index contributed by atoms with van der Waals surface area (Å²) in [5, 5.41) is 7.62. The van der Waals surface area contributed by atoms with Crippen molar-refractivity contribution >= 4 is 22.9 Å². The SMILES string of the molecule is Cc1nn2cc1C1=CCc3ncc(nc31)-c1c(nc3ccccn13)NC(=O)CCC2. The van der Waals surface area contributed by atoms with Crippen LogP contribution < -0.4 is 5.32 Å². The fourth-order valence-corrected chi connectivity index (χ4v) is 4.25. The van der Waals surface area contributed by atoms with Crippen molar-refractivity contribution in [3.05, 3.63) is 65.5 Å². The van der Waals surface area contributed by atoms with Crippen LogP contribution in [0.15, 0.2) is 42.9 Å². The lowest BCUT2D eigenvalue weighted by atomic mass is 10.1. The molecular formula is C22H19N7O. The van der Waals surface area contributed by atoms with E-state index in [9.17, 15) is 4.79 Å². The summed E-state index contributed by atoms with van der Waals surface area (Å²) >= 11 is 0. The van der Waals surface area contributed by atoms with E-state index in [2.05, 4.69) is 21.5 Å². The highest BCUT2D eigenvalue weighted by atomic mass is 16.1. The van der Waals surface area contributed by atoms with Crippen molar-refractivity contribution in [1.82, 2.24) is 29.1 Å². The molecule has 148 valence electrons. The van der Waals surface area contributed by atoms with Gasteiger partial charge in [-0.15, -0.1) is 0 Å². The van der Waals surface area contributed by atoms with E-state index in [0.29, 0.717) is 30.9 Å². The van der Waals surface area contributed by atoms with E-state index in [1.165, 1.54) is 0 Å². The van der Waals surface area contributed by atoms with Gasteiger partial charge < -0.3 is 5.32 Å². The summed E-state index contributed by atoms with van der Waals surface area (Å²) in [6.07, 6.45) is 9.75. The minimum atomic E-state index is -0.0736. The molecule has 4 aromatic rings. The van der Waals surface area contributed by atoms with E-state index in [4.69, 9.17) is 9.97 Å². The second-order valence-corrected chi connectivity index (χ2v) is 7.65. The van der Waals surface area contributed by atoms with E-state index < -0.39 is 0 Å². The van der Waals surface area contributed by atoms with Gasteiger partial charge in [-0.25, -0.2) is 9.97 Å². The lowest BCUT2D eigenvalue weighted by molar-refractivity contribution is -0.116. The number of nitrogens with zero attached hydrogens (tertiary/aromatic N) is 6. The average Bonchev–Trinajstić information content (AvgIpc) is 3.41. The number of rotatable bonds is 0. The van der Waals surface area contributed by atoms with Gasteiger partial charge in [-0.2, -0.15) is 5.10 Å². The number of carbonyl (C=O) groups excluding carboxylic acids is 1. The molecule has 30 heavy (non-hydrogen) atoms. The molecule has 1 aliphatic heterocycles. The molecule has 8 heteroatoms. The minimum absolute atomic E-state index is 0.0736. The number of aromatic nitrogens is 6. The summed E-state index contributed by atoms with van der Waals surface area (Å²) < 4.78 is 3.86. The third-order valence-corrected chi connectivity index (χ3v) is 5.66. The van der Waals surface area contributed by atoms with Crippen molar-refractivity contribution in [2.24, 2.45) is 0 Å². The molecule has 1 N–H and O–H groups in total. The molecule has 5 heterocycles. The smallest absolute Gasteiger partial charge is 0.225 e. The van der Waals surface area contributed by atoms with Crippen LogP contribution in [0.25, 0.3) is 22.6 Å². The first-order chi connectivity index (χ1) is 14.7. The summed E-state index contributed by atoms with van der Waals surface area (Å²) in [6.45, 7) is 2.69. The Balaban J connectivity index is 1.61. The lowest BCUT2D eigenvalue weighted by Gasteiger charge is -2.10. The Kier molecular flexibility index (Phi) is 3.61. The van der Waals surface area contributed by atoms with E-state index in [1.807, 2.05) is 46.6 Å². The van der Waals surface area contributed by atoms with Crippen LogP contribution in [0.2, 0.25) is 0 Å². The van der Waals surface area contributed by atoms with Crippen LogP contribution in [0, 0.1) is 6.92 Å². The molecule has 0 saturated heterocycles. The Morgan fingerprint density at radius 3 is 3.07 bits per heavy atom. The van der Waals surface area contributed by atoms with Gasteiger partial charge in [0, 0.05) is 42.9 Å². The number of pyridine rings is 1. The molecule has 6 rings (SSSR count). The number of allylic oxidation sites excluding steroid dienone is 1. The zero-order valence-electron chi connectivity index (χ0n) is 16.5. The van der Waals surface area contributed by atoms with Gasteiger partial charge in [-0.05, 0) is 25.5 Å². The van der Waals surface area contributed by atoms with Crippen molar-refractivity contribution in [3.8, 4) is 11.4 Å². The number of imidazole rings is 1. The molecule has 1 amide bonds. The predicted octanol–water partition coefficient (Wildman–Crippen LogP) is 3.02. The quantitative estimate of drug-likeness (QED) is 0.493. The summed E-state index contributed by atoms with van der Waals surface area (Å²) in [6, 6.07) is 5.78. The number of nitrogens with one attached hydrogen (secondary N) is 1. The summed E-state index contributed by atoms with van der Waals surface area (Å²) in [5.74, 6) is 0.437. The van der Waals surface area contributed by atoms with Gasteiger partial charge in [0.25, 0.3) is 0 Å². The van der Waals surface area contributed by atoms with Gasteiger partial charge in [0.15, 0.2) is 5.82 Å². The molecular weight excluding hydrogens is 378 g/mol. The van der Waals surface area contributed by atoms with Crippen molar-refractivity contribution in [1.29, 1.82) is 0 Å². The highest BCUT2D eigenvalue weighted by Crippen LogP contribution is 2.35. The van der Waals surface area contributed by atoms with E-state index >= 15 is 0 Å². The molecule has 0 radical (unpaired) electrons. The highest BCUT2D eigenvalue weighted by Gasteiger charge is 2.25. The van der Waals surface area contributed by atoms with Crippen molar-refractivity contribution < 1.29 is 4.79 Å². The normalized spacial score (nSPS) is 15.5. The standard InChI is InChI=1S/C22H19N7O/c1-13-15-12-28(27-13)9-4-6-19(30)26-22-21(29-10-3-2-5-18(29)25-22)17-11-23-16-8-7-14(15)20(16)24-17/h2-3,5,7,10-12H,4,6,8-9H2,1H3,(H,26,30). The largest absolute Gasteiger partial charge is 0.309 e. The van der Waals surface area contributed by atoms with Crippen LogP contribution in [0.5, 0.6) is 0 Å². The molecule has 2 aliphatic rings. The third kappa shape index (κ3) is 2.57. The van der Waals surface area contributed by atoms with Gasteiger partial charge in [-0.3, -0.25) is 18.9 Å². The first-order valence-corrected chi connectivity index (χ1v) is 10.1. The number of carbonyl (C=O) groups is 1. The van der Waals surface area contributed by atoms with Gasteiger partial charge >= 0.3 is 0 Å². The number of anilines is 1. The van der Waals surface area contributed by atoms with Crippen molar-refractivity contribution in [3.63, 3.8) is 0 Å². The molecule has 0 saturated carbocycles. The Morgan fingerprint density at radius 1 is 1.20 bits per heavy atom. The van der Waals surface area contributed by atoms with Crippen molar-refractivity contribution in [2.75, 3.05) is 5.32 Å². The average molecular weight is 397 g/mol. The van der Waals surface area contributed by atoms with E-state index in [0.717, 1.165) is 46.0 Å². The Labute approximate surface area is 172 Å². The monoisotopic (exact) mass is 397 g/mol. The predicted molar refractivity (Wildman–Crippen MR) is 112 cm³/mol. The third-order valence-electron chi connectivity index (χ3n) is 5.66. The number of hydrogen-bond acceptors (Lipinski definition) is 5. The Hall–Kier alpha value is -3.81. The zero-order valence-corrected chi connectivity index (χ0v) is 16.5. The van der Waals surface area contributed by atoms with E-state index in [1.54, 1.807) is 6.20 Å². The van der Waals surface area contributed by atoms with Gasteiger partial charge in [0.1, 0.15) is 17.0 Å². The summed E-state index contributed by atoms with van der Waals surface area (Å²) in [5.41, 5.74) is 7.09. The number of fused-ring (bicyclic) bond motifs is 8. The number of hydrogen-bond donors (Lipinski definition) is 1. The van der Waals surface area contributed by atoms with Crippen LogP contribution in [-0.2, 0) is 17.8 Å². The number of amides is 1. The molecule has 8 nitrogen and oxygen atoms in total.